The standard InChI is InChI=1S/C14H13ClO3S/c1-2-18-12-5-9-14(10-6-12)19(16,17)13-7-3-11(15)4-8-13/h3-10H,2H2,1H3. The van der Waals surface area contributed by atoms with Crippen LogP contribution in [-0.4, -0.2) is 15.0 Å². The zero-order chi connectivity index (χ0) is 13.9. The van der Waals surface area contributed by atoms with Gasteiger partial charge in [0.2, 0.25) is 9.84 Å². The molecule has 5 heteroatoms. The number of benzene rings is 2. The Balaban J connectivity index is 2.36. The Labute approximate surface area is 117 Å². The van der Waals surface area contributed by atoms with Crippen LogP contribution in [0.2, 0.25) is 5.02 Å². The highest BCUT2D eigenvalue weighted by Gasteiger charge is 2.17. The largest absolute Gasteiger partial charge is 0.494 e. The highest BCUT2D eigenvalue weighted by atomic mass is 35.5. The molecule has 0 heterocycles. The number of sulfone groups is 1. The number of ether oxygens (including phenoxy) is 1. The smallest absolute Gasteiger partial charge is 0.206 e. The molecule has 0 fully saturated rings. The van der Waals surface area contributed by atoms with E-state index in [0.717, 1.165) is 0 Å². The topological polar surface area (TPSA) is 43.4 Å². The van der Waals surface area contributed by atoms with Crippen molar-refractivity contribution in [2.24, 2.45) is 0 Å². The molecule has 3 nitrogen and oxygen atoms in total. The van der Waals surface area contributed by atoms with Crippen molar-refractivity contribution < 1.29 is 13.2 Å². The maximum atomic E-state index is 12.3. The number of hydrogen-bond acceptors (Lipinski definition) is 3. The Morgan fingerprint density at radius 3 is 1.89 bits per heavy atom. The van der Waals surface area contributed by atoms with Gasteiger partial charge in [0.05, 0.1) is 16.4 Å². The lowest BCUT2D eigenvalue weighted by Crippen LogP contribution is -2.02. The molecule has 0 radical (unpaired) electrons. The van der Waals surface area contributed by atoms with Gasteiger partial charge in [-0.2, -0.15) is 0 Å². The Bertz CT molecular complexity index is 646. The van der Waals surface area contributed by atoms with E-state index in [1.165, 1.54) is 24.3 Å². The van der Waals surface area contributed by atoms with Gasteiger partial charge in [0, 0.05) is 5.02 Å². The molecular formula is C14H13ClO3S. The lowest BCUT2D eigenvalue weighted by molar-refractivity contribution is 0.340. The second kappa shape index (κ2) is 5.63. The minimum absolute atomic E-state index is 0.223. The molecule has 0 unspecified atom stereocenters. The number of halogens is 1. The summed E-state index contributed by atoms with van der Waals surface area (Å²) in [5.41, 5.74) is 0. The summed E-state index contributed by atoms with van der Waals surface area (Å²) in [6, 6.07) is 12.5. The van der Waals surface area contributed by atoms with Gasteiger partial charge >= 0.3 is 0 Å². The van der Waals surface area contributed by atoms with Crippen LogP contribution in [0.15, 0.2) is 58.3 Å². The lowest BCUT2D eigenvalue weighted by Gasteiger charge is -2.06. The molecule has 100 valence electrons. The van der Waals surface area contributed by atoms with Gasteiger partial charge < -0.3 is 4.74 Å². The molecule has 0 aliphatic heterocycles. The van der Waals surface area contributed by atoms with Crippen molar-refractivity contribution in [3.05, 3.63) is 53.6 Å². The molecule has 0 saturated heterocycles. The van der Waals surface area contributed by atoms with E-state index in [-0.39, 0.29) is 9.79 Å². The third-order valence-corrected chi connectivity index (χ3v) is 4.61. The van der Waals surface area contributed by atoms with E-state index in [1.807, 2.05) is 6.92 Å². The average molecular weight is 297 g/mol. The van der Waals surface area contributed by atoms with Gasteiger partial charge in [0.1, 0.15) is 5.75 Å². The Morgan fingerprint density at radius 2 is 1.42 bits per heavy atom. The quantitative estimate of drug-likeness (QED) is 0.866. The van der Waals surface area contributed by atoms with Crippen LogP contribution in [0.5, 0.6) is 5.75 Å². The number of rotatable bonds is 4. The fourth-order valence-electron chi connectivity index (χ4n) is 1.63. The summed E-state index contributed by atoms with van der Waals surface area (Å²) >= 11 is 5.75. The van der Waals surface area contributed by atoms with Crippen molar-refractivity contribution in [1.29, 1.82) is 0 Å². The van der Waals surface area contributed by atoms with E-state index in [4.69, 9.17) is 16.3 Å². The van der Waals surface area contributed by atoms with Crippen LogP contribution < -0.4 is 4.74 Å². The van der Waals surface area contributed by atoms with Crippen LogP contribution in [-0.2, 0) is 9.84 Å². The van der Waals surface area contributed by atoms with Gasteiger partial charge in [-0.05, 0) is 55.5 Å². The normalized spacial score (nSPS) is 11.3. The van der Waals surface area contributed by atoms with Crippen molar-refractivity contribution in [1.82, 2.24) is 0 Å². The average Bonchev–Trinajstić information content (AvgIpc) is 2.40. The van der Waals surface area contributed by atoms with Gasteiger partial charge in [-0.3, -0.25) is 0 Å². The first-order valence-corrected chi connectivity index (χ1v) is 7.63. The van der Waals surface area contributed by atoms with Crippen molar-refractivity contribution in [3.63, 3.8) is 0 Å². The molecule has 0 bridgehead atoms. The van der Waals surface area contributed by atoms with Crippen molar-refractivity contribution in [2.75, 3.05) is 6.61 Å². The predicted octanol–water partition coefficient (Wildman–Crippen LogP) is 3.57. The van der Waals surface area contributed by atoms with Gasteiger partial charge in [-0.15, -0.1) is 0 Å². The van der Waals surface area contributed by atoms with E-state index >= 15 is 0 Å². The minimum atomic E-state index is -3.50. The summed E-state index contributed by atoms with van der Waals surface area (Å²) in [5, 5.41) is 0.505. The minimum Gasteiger partial charge on any atom is -0.494 e. The Morgan fingerprint density at radius 1 is 0.947 bits per heavy atom. The fraction of sp³-hybridized carbons (Fsp3) is 0.143. The molecule has 0 N–H and O–H groups in total. The third-order valence-electron chi connectivity index (χ3n) is 2.57. The van der Waals surface area contributed by atoms with Crippen LogP contribution in [0.25, 0.3) is 0 Å². The second-order valence-corrected chi connectivity index (χ2v) is 6.25. The molecule has 0 aliphatic rings. The molecule has 0 aromatic heterocycles. The first-order valence-electron chi connectivity index (χ1n) is 5.77. The molecular weight excluding hydrogens is 284 g/mol. The molecule has 0 spiro atoms. The SMILES string of the molecule is CCOc1ccc(S(=O)(=O)c2ccc(Cl)cc2)cc1. The van der Waals surface area contributed by atoms with E-state index in [9.17, 15) is 8.42 Å². The van der Waals surface area contributed by atoms with Crippen LogP contribution in [0, 0.1) is 0 Å². The first kappa shape index (κ1) is 13.9. The second-order valence-electron chi connectivity index (χ2n) is 3.86. The Hall–Kier alpha value is -1.52. The van der Waals surface area contributed by atoms with Crippen molar-refractivity contribution in [3.8, 4) is 5.75 Å². The van der Waals surface area contributed by atoms with Crippen LogP contribution in [0.3, 0.4) is 0 Å². The maximum absolute atomic E-state index is 12.3. The van der Waals surface area contributed by atoms with Crippen molar-refractivity contribution >= 4 is 21.4 Å². The van der Waals surface area contributed by atoms with Gasteiger partial charge in [-0.1, -0.05) is 11.6 Å². The number of hydrogen-bond donors (Lipinski definition) is 0. The van der Waals surface area contributed by atoms with Gasteiger partial charge in [0.15, 0.2) is 0 Å². The fourth-order valence-corrected chi connectivity index (χ4v) is 3.02. The van der Waals surface area contributed by atoms with E-state index in [0.29, 0.717) is 17.4 Å². The van der Waals surface area contributed by atoms with Crippen LogP contribution in [0.4, 0.5) is 0 Å². The zero-order valence-electron chi connectivity index (χ0n) is 10.3. The highest BCUT2D eigenvalue weighted by Crippen LogP contribution is 2.24. The molecule has 0 amide bonds. The third kappa shape index (κ3) is 3.08. The molecule has 2 aromatic rings. The summed E-state index contributed by atoms with van der Waals surface area (Å²) < 4.78 is 29.9. The molecule has 0 saturated carbocycles. The molecule has 2 aromatic carbocycles. The molecule has 19 heavy (non-hydrogen) atoms. The molecule has 2 rings (SSSR count). The van der Waals surface area contributed by atoms with Crippen LogP contribution in [0.1, 0.15) is 6.92 Å². The zero-order valence-corrected chi connectivity index (χ0v) is 11.9. The summed E-state index contributed by atoms with van der Waals surface area (Å²) in [4.78, 5) is 0.458. The van der Waals surface area contributed by atoms with Crippen LogP contribution >= 0.6 is 11.6 Å². The summed E-state index contributed by atoms with van der Waals surface area (Å²) in [5.74, 6) is 0.651. The summed E-state index contributed by atoms with van der Waals surface area (Å²) in [7, 11) is -3.50. The van der Waals surface area contributed by atoms with Crippen molar-refractivity contribution in [2.45, 2.75) is 16.7 Å². The molecule has 0 aliphatic carbocycles. The van der Waals surface area contributed by atoms with E-state index < -0.39 is 9.84 Å². The maximum Gasteiger partial charge on any atom is 0.206 e. The highest BCUT2D eigenvalue weighted by molar-refractivity contribution is 7.91. The predicted molar refractivity (Wildman–Crippen MR) is 74.5 cm³/mol. The molecule has 0 atom stereocenters. The monoisotopic (exact) mass is 296 g/mol. The Kier molecular flexibility index (Phi) is 4.12. The first-order chi connectivity index (χ1) is 9.04. The summed E-state index contributed by atoms with van der Waals surface area (Å²) in [6.45, 7) is 2.42. The van der Waals surface area contributed by atoms with Gasteiger partial charge in [-0.25, -0.2) is 8.42 Å². The van der Waals surface area contributed by atoms with Gasteiger partial charge in [0.25, 0.3) is 0 Å². The van der Waals surface area contributed by atoms with E-state index in [1.54, 1.807) is 24.3 Å². The lowest BCUT2D eigenvalue weighted by atomic mass is 10.3. The summed E-state index contributed by atoms with van der Waals surface area (Å²) in [6.07, 6.45) is 0. The van der Waals surface area contributed by atoms with E-state index in [2.05, 4.69) is 0 Å².